The minimum Gasteiger partial charge on any atom is -0.421 e. The Balaban J connectivity index is 1.43. The van der Waals surface area contributed by atoms with Crippen LogP contribution in [-0.4, -0.2) is 40.0 Å². The molecule has 0 bridgehead atoms. The Hall–Kier alpha value is -2.41. The predicted octanol–water partition coefficient (Wildman–Crippen LogP) is 1.88. The third kappa shape index (κ3) is 4.32. The molecule has 128 valence electrons. The van der Waals surface area contributed by atoms with Crippen molar-refractivity contribution >= 4 is 6.03 Å². The Labute approximate surface area is 140 Å². The normalized spacial score (nSPS) is 20.5. The zero-order valence-corrected chi connectivity index (χ0v) is 13.4. The van der Waals surface area contributed by atoms with E-state index in [1.165, 1.54) is 0 Å². The molecular weight excluding hydrogens is 308 g/mol. The molecule has 1 fully saturated rings. The molecule has 2 unspecified atom stereocenters. The lowest BCUT2D eigenvalue weighted by Gasteiger charge is -2.28. The molecule has 0 spiro atoms. The second kappa shape index (κ2) is 7.92. The van der Waals surface area contributed by atoms with Crippen LogP contribution in [0.25, 0.3) is 11.5 Å². The maximum Gasteiger partial charge on any atom is 0.315 e. The monoisotopic (exact) mass is 330 g/mol. The first-order chi connectivity index (χ1) is 11.7. The second-order valence-electron chi connectivity index (χ2n) is 5.98. The van der Waals surface area contributed by atoms with E-state index < -0.39 is 6.10 Å². The largest absolute Gasteiger partial charge is 0.421 e. The smallest absolute Gasteiger partial charge is 0.315 e. The van der Waals surface area contributed by atoms with Gasteiger partial charge < -0.3 is 20.2 Å². The number of aliphatic hydroxyl groups is 1. The molecule has 0 radical (unpaired) electrons. The first-order valence-corrected chi connectivity index (χ1v) is 8.32. The summed E-state index contributed by atoms with van der Waals surface area (Å²) in [5.41, 5.74) is 0.869. The summed E-state index contributed by atoms with van der Waals surface area (Å²) in [6.07, 6.45) is 3.62. The summed E-state index contributed by atoms with van der Waals surface area (Å²) in [5.74, 6) is 0.951. The molecule has 1 saturated carbocycles. The molecule has 0 aliphatic heterocycles. The minimum absolute atomic E-state index is 0.160. The Morgan fingerprint density at radius 3 is 2.79 bits per heavy atom. The van der Waals surface area contributed by atoms with E-state index in [1.54, 1.807) is 0 Å². The van der Waals surface area contributed by atoms with E-state index in [9.17, 15) is 9.90 Å². The third-order valence-corrected chi connectivity index (χ3v) is 4.16. The molecule has 7 heteroatoms. The average molecular weight is 330 g/mol. The molecule has 1 aromatic carbocycles. The quantitative estimate of drug-likeness (QED) is 0.777. The molecule has 2 aromatic rings. The summed E-state index contributed by atoms with van der Waals surface area (Å²) in [7, 11) is 0. The summed E-state index contributed by atoms with van der Waals surface area (Å²) in [6.45, 7) is 0.394. The highest BCUT2D eigenvalue weighted by Crippen LogP contribution is 2.18. The van der Waals surface area contributed by atoms with E-state index in [4.69, 9.17) is 4.42 Å². The van der Waals surface area contributed by atoms with Crippen LogP contribution in [-0.2, 0) is 6.42 Å². The zero-order chi connectivity index (χ0) is 16.8. The molecule has 1 aliphatic carbocycles. The number of aliphatic hydroxyl groups excluding tert-OH is 1. The lowest BCUT2D eigenvalue weighted by atomic mass is 9.93. The van der Waals surface area contributed by atoms with E-state index in [-0.39, 0.29) is 12.1 Å². The van der Waals surface area contributed by atoms with Crippen molar-refractivity contribution in [2.24, 2.45) is 0 Å². The van der Waals surface area contributed by atoms with Gasteiger partial charge in [0.25, 0.3) is 0 Å². The molecule has 1 aliphatic rings. The van der Waals surface area contributed by atoms with E-state index in [0.717, 1.165) is 31.2 Å². The molecule has 3 rings (SSSR count). The standard InChI is InChI=1S/C17H22N4O3/c22-14-9-5-4-8-13(14)19-17(23)18-11-10-15-20-21-16(24-15)12-6-2-1-3-7-12/h1-3,6-7,13-14,22H,4-5,8-11H2,(H2,18,19,23). The molecular formula is C17H22N4O3. The molecule has 3 N–H and O–H groups in total. The van der Waals surface area contributed by atoms with Gasteiger partial charge >= 0.3 is 6.03 Å². The summed E-state index contributed by atoms with van der Waals surface area (Å²) in [6, 6.07) is 9.11. The number of rotatable bonds is 5. The number of amides is 2. The van der Waals surface area contributed by atoms with E-state index >= 15 is 0 Å². The summed E-state index contributed by atoms with van der Waals surface area (Å²) < 4.78 is 5.58. The van der Waals surface area contributed by atoms with Crippen LogP contribution in [0.1, 0.15) is 31.6 Å². The van der Waals surface area contributed by atoms with Gasteiger partial charge in [-0.25, -0.2) is 4.79 Å². The summed E-state index contributed by atoms with van der Waals surface area (Å²) >= 11 is 0. The number of hydrogen-bond acceptors (Lipinski definition) is 5. The maximum absolute atomic E-state index is 11.9. The number of urea groups is 1. The van der Waals surface area contributed by atoms with Gasteiger partial charge in [0.05, 0.1) is 12.1 Å². The van der Waals surface area contributed by atoms with Gasteiger partial charge in [-0.1, -0.05) is 31.0 Å². The number of carbonyl (C=O) groups excluding carboxylic acids is 1. The Bertz CT molecular complexity index is 659. The number of carbonyl (C=O) groups is 1. The van der Waals surface area contributed by atoms with Gasteiger partial charge in [-0.2, -0.15) is 0 Å². The predicted molar refractivity (Wildman–Crippen MR) is 88.2 cm³/mol. The third-order valence-electron chi connectivity index (χ3n) is 4.16. The molecule has 2 amide bonds. The fourth-order valence-corrected chi connectivity index (χ4v) is 2.83. The van der Waals surface area contributed by atoms with Crippen LogP contribution < -0.4 is 10.6 Å². The van der Waals surface area contributed by atoms with Crippen LogP contribution in [0.3, 0.4) is 0 Å². The highest BCUT2D eigenvalue weighted by molar-refractivity contribution is 5.74. The maximum atomic E-state index is 11.9. The highest BCUT2D eigenvalue weighted by atomic mass is 16.4. The van der Waals surface area contributed by atoms with Crippen molar-refractivity contribution in [3.8, 4) is 11.5 Å². The van der Waals surface area contributed by atoms with Crippen molar-refractivity contribution in [3.05, 3.63) is 36.2 Å². The first kappa shape index (κ1) is 16.4. The average Bonchev–Trinajstić information content (AvgIpc) is 3.07. The van der Waals surface area contributed by atoms with Crippen molar-refractivity contribution < 1.29 is 14.3 Å². The lowest BCUT2D eigenvalue weighted by molar-refractivity contribution is 0.0943. The van der Waals surface area contributed by atoms with Crippen molar-refractivity contribution in [2.75, 3.05) is 6.54 Å². The fourth-order valence-electron chi connectivity index (χ4n) is 2.83. The fraction of sp³-hybridized carbons (Fsp3) is 0.471. The number of hydrogen-bond donors (Lipinski definition) is 3. The van der Waals surface area contributed by atoms with Crippen LogP contribution in [0.15, 0.2) is 34.7 Å². The molecule has 7 nitrogen and oxygen atoms in total. The Kier molecular flexibility index (Phi) is 5.43. The lowest BCUT2D eigenvalue weighted by Crippen LogP contribution is -2.49. The number of nitrogens with one attached hydrogen (secondary N) is 2. The summed E-state index contributed by atoms with van der Waals surface area (Å²) in [5, 5.41) is 23.4. The van der Waals surface area contributed by atoms with Crippen LogP contribution >= 0.6 is 0 Å². The minimum atomic E-state index is -0.450. The summed E-state index contributed by atoms with van der Waals surface area (Å²) in [4.78, 5) is 11.9. The zero-order valence-electron chi connectivity index (χ0n) is 13.4. The molecule has 1 aromatic heterocycles. The molecule has 2 atom stereocenters. The van der Waals surface area contributed by atoms with Gasteiger partial charge in [0.1, 0.15) is 0 Å². The van der Waals surface area contributed by atoms with Crippen molar-refractivity contribution in [1.82, 2.24) is 20.8 Å². The van der Waals surface area contributed by atoms with Gasteiger partial charge in [-0.05, 0) is 25.0 Å². The first-order valence-electron chi connectivity index (χ1n) is 8.32. The van der Waals surface area contributed by atoms with Crippen molar-refractivity contribution in [3.63, 3.8) is 0 Å². The van der Waals surface area contributed by atoms with Crippen LogP contribution in [0.4, 0.5) is 4.79 Å². The van der Waals surface area contributed by atoms with Crippen LogP contribution in [0.2, 0.25) is 0 Å². The van der Waals surface area contributed by atoms with Gasteiger partial charge in [-0.15, -0.1) is 10.2 Å². The second-order valence-corrected chi connectivity index (χ2v) is 5.98. The van der Waals surface area contributed by atoms with Crippen molar-refractivity contribution in [2.45, 2.75) is 44.2 Å². The van der Waals surface area contributed by atoms with Crippen LogP contribution in [0, 0.1) is 0 Å². The molecule has 1 heterocycles. The van der Waals surface area contributed by atoms with E-state index in [2.05, 4.69) is 20.8 Å². The van der Waals surface area contributed by atoms with Gasteiger partial charge in [0.15, 0.2) is 0 Å². The van der Waals surface area contributed by atoms with Crippen molar-refractivity contribution in [1.29, 1.82) is 0 Å². The Morgan fingerprint density at radius 2 is 2.00 bits per heavy atom. The Morgan fingerprint density at radius 1 is 1.21 bits per heavy atom. The van der Waals surface area contributed by atoms with Gasteiger partial charge in [-0.3, -0.25) is 0 Å². The number of nitrogens with zero attached hydrogens (tertiary/aromatic N) is 2. The topological polar surface area (TPSA) is 100 Å². The molecule has 24 heavy (non-hydrogen) atoms. The van der Waals surface area contributed by atoms with Gasteiger partial charge in [0.2, 0.25) is 11.8 Å². The van der Waals surface area contributed by atoms with Crippen LogP contribution in [0.5, 0.6) is 0 Å². The number of aromatic nitrogens is 2. The highest BCUT2D eigenvalue weighted by Gasteiger charge is 2.24. The van der Waals surface area contributed by atoms with Gasteiger partial charge in [0, 0.05) is 18.5 Å². The number of benzene rings is 1. The SMILES string of the molecule is O=C(NCCc1nnc(-c2ccccc2)o1)NC1CCCCC1O. The van der Waals surface area contributed by atoms with E-state index in [1.807, 2.05) is 30.3 Å². The molecule has 0 saturated heterocycles. The van der Waals surface area contributed by atoms with E-state index in [0.29, 0.717) is 24.7 Å².